The molecule has 0 radical (unpaired) electrons. The van der Waals surface area contributed by atoms with E-state index in [0.29, 0.717) is 5.54 Å². The summed E-state index contributed by atoms with van der Waals surface area (Å²) >= 11 is 0. The van der Waals surface area contributed by atoms with Crippen molar-refractivity contribution in [2.75, 3.05) is 6.54 Å². The van der Waals surface area contributed by atoms with Crippen LogP contribution in [-0.4, -0.2) is 20.2 Å². The predicted octanol–water partition coefficient (Wildman–Crippen LogP) is 3.49. The van der Waals surface area contributed by atoms with Gasteiger partial charge in [0.2, 0.25) is 0 Å². The Morgan fingerprint density at radius 3 is 2.00 bits per heavy atom. The zero-order valence-corrected chi connectivity index (χ0v) is 11.5. The Labute approximate surface area is 85.3 Å². The standard InChI is InChI=1S/C11H27NSi/c1-8-11(3,4)12-9-10(2)13(5,6)7/h10,12H,8-9H2,1-7H3. The van der Waals surface area contributed by atoms with E-state index in [9.17, 15) is 0 Å². The van der Waals surface area contributed by atoms with Gasteiger partial charge in [-0.1, -0.05) is 33.5 Å². The summed E-state index contributed by atoms with van der Waals surface area (Å²) in [6, 6.07) is 0. The fourth-order valence-corrected chi connectivity index (χ4v) is 1.58. The SMILES string of the molecule is CCC(C)(C)NCC(C)[Si](C)(C)C. The summed E-state index contributed by atoms with van der Waals surface area (Å²) in [4.78, 5) is 0. The van der Waals surface area contributed by atoms with Gasteiger partial charge in [0.25, 0.3) is 0 Å². The van der Waals surface area contributed by atoms with Gasteiger partial charge in [-0.25, -0.2) is 0 Å². The first-order valence-electron chi connectivity index (χ1n) is 5.44. The van der Waals surface area contributed by atoms with Crippen molar-refractivity contribution in [3.05, 3.63) is 0 Å². The summed E-state index contributed by atoms with van der Waals surface area (Å²) in [5.41, 5.74) is 1.17. The molecule has 1 N–H and O–H groups in total. The molecule has 0 saturated carbocycles. The topological polar surface area (TPSA) is 12.0 Å². The maximum atomic E-state index is 3.65. The maximum Gasteiger partial charge on any atom is 0.0483 e. The van der Waals surface area contributed by atoms with Crippen molar-refractivity contribution in [2.24, 2.45) is 0 Å². The summed E-state index contributed by atoms with van der Waals surface area (Å²) < 4.78 is 0. The highest BCUT2D eigenvalue weighted by Gasteiger charge is 2.24. The van der Waals surface area contributed by atoms with Crippen molar-refractivity contribution in [1.29, 1.82) is 0 Å². The van der Waals surface area contributed by atoms with Crippen molar-refractivity contribution in [1.82, 2.24) is 5.32 Å². The van der Waals surface area contributed by atoms with Gasteiger partial charge in [-0.3, -0.25) is 0 Å². The van der Waals surface area contributed by atoms with Gasteiger partial charge in [-0.2, -0.15) is 0 Å². The molecule has 0 rings (SSSR count). The van der Waals surface area contributed by atoms with Crippen LogP contribution < -0.4 is 5.32 Å². The Balaban J connectivity index is 3.90. The quantitative estimate of drug-likeness (QED) is 0.671. The van der Waals surface area contributed by atoms with E-state index in [2.05, 4.69) is 52.7 Å². The Kier molecular flexibility index (Phi) is 4.67. The average molecular weight is 201 g/mol. The van der Waals surface area contributed by atoms with Gasteiger partial charge < -0.3 is 5.32 Å². The second-order valence-corrected chi connectivity index (χ2v) is 11.6. The third-order valence-electron chi connectivity index (χ3n) is 3.25. The van der Waals surface area contributed by atoms with Crippen LogP contribution in [0.5, 0.6) is 0 Å². The Morgan fingerprint density at radius 1 is 1.23 bits per heavy atom. The molecule has 0 bridgehead atoms. The van der Waals surface area contributed by atoms with Gasteiger partial charge >= 0.3 is 0 Å². The Morgan fingerprint density at radius 2 is 1.69 bits per heavy atom. The molecular weight excluding hydrogens is 174 g/mol. The minimum absolute atomic E-state index is 0.313. The molecule has 0 aromatic carbocycles. The average Bonchev–Trinajstić information content (AvgIpc) is 1.98. The molecular formula is C11H27NSi. The van der Waals surface area contributed by atoms with E-state index in [0.717, 1.165) is 5.54 Å². The number of hydrogen-bond acceptors (Lipinski definition) is 1. The smallest absolute Gasteiger partial charge is 0.0483 e. The van der Waals surface area contributed by atoms with E-state index >= 15 is 0 Å². The van der Waals surface area contributed by atoms with Gasteiger partial charge in [-0.15, -0.1) is 0 Å². The third kappa shape index (κ3) is 5.48. The fourth-order valence-electron chi connectivity index (χ4n) is 0.861. The largest absolute Gasteiger partial charge is 0.312 e. The van der Waals surface area contributed by atoms with Crippen LogP contribution >= 0.6 is 0 Å². The van der Waals surface area contributed by atoms with Crippen LogP contribution in [0.15, 0.2) is 0 Å². The normalized spacial score (nSPS) is 15.9. The Bertz CT molecular complexity index is 147. The van der Waals surface area contributed by atoms with E-state index < -0.39 is 8.07 Å². The summed E-state index contributed by atoms with van der Waals surface area (Å²) in [5.74, 6) is 0. The first-order valence-corrected chi connectivity index (χ1v) is 9.02. The van der Waals surface area contributed by atoms with E-state index in [1.54, 1.807) is 0 Å². The van der Waals surface area contributed by atoms with Crippen molar-refractivity contribution in [2.45, 2.75) is 64.8 Å². The molecule has 0 aromatic rings. The number of nitrogens with one attached hydrogen (secondary N) is 1. The van der Waals surface area contributed by atoms with E-state index in [4.69, 9.17) is 0 Å². The second-order valence-electron chi connectivity index (χ2n) is 5.89. The van der Waals surface area contributed by atoms with Crippen LogP contribution in [0, 0.1) is 0 Å². The lowest BCUT2D eigenvalue weighted by atomic mass is 10.0. The van der Waals surface area contributed by atoms with Gasteiger partial charge in [0.15, 0.2) is 0 Å². The second kappa shape index (κ2) is 4.60. The monoisotopic (exact) mass is 201 g/mol. The van der Waals surface area contributed by atoms with Crippen LogP contribution in [0.25, 0.3) is 0 Å². The van der Waals surface area contributed by atoms with E-state index in [1.807, 2.05) is 0 Å². The lowest BCUT2D eigenvalue weighted by molar-refractivity contribution is 0.376. The van der Waals surface area contributed by atoms with Crippen molar-refractivity contribution in [3.8, 4) is 0 Å². The van der Waals surface area contributed by atoms with Crippen LogP contribution in [0.2, 0.25) is 25.2 Å². The molecule has 0 aliphatic carbocycles. The summed E-state index contributed by atoms with van der Waals surface area (Å²) in [7, 11) is -0.936. The lowest BCUT2D eigenvalue weighted by Crippen LogP contribution is -2.43. The molecule has 0 fully saturated rings. The molecule has 13 heavy (non-hydrogen) atoms. The minimum Gasteiger partial charge on any atom is -0.312 e. The molecule has 1 unspecified atom stereocenters. The molecule has 0 amide bonds. The summed E-state index contributed by atoms with van der Waals surface area (Å²) in [6.07, 6.45) is 1.20. The highest BCUT2D eigenvalue weighted by Crippen LogP contribution is 2.20. The highest BCUT2D eigenvalue weighted by molar-refractivity contribution is 6.77. The predicted molar refractivity (Wildman–Crippen MR) is 65.1 cm³/mol. The van der Waals surface area contributed by atoms with Crippen LogP contribution in [0.1, 0.15) is 34.1 Å². The molecule has 0 saturated heterocycles. The lowest BCUT2D eigenvalue weighted by Gasteiger charge is -2.31. The van der Waals surface area contributed by atoms with Gasteiger partial charge in [0, 0.05) is 13.6 Å². The zero-order chi connectivity index (χ0) is 10.7. The summed E-state index contributed by atoms with van der Waals surface area (Å²) in [5, 5.41) is 3.65. The molecule has 1 atom stereocenters. The van der Waals surface area contributed by atoms with Crippen molar-refractivity contribution < 1.29 is 0 Å². The fraction of sp³-hybridized carbons (Fsp3) is 1.00. The van der Waals surface area contributed by atoms with Crippen LogP contribution in [0.4, 0.5) is 0 Å². The molecule has 0 aromatic heterocycles. The van der Waals surface area contributed by atoms with Crippen LogP contribution in [-0.2, 0) is 0 Å². The Hall–Kier alpha value is 0.177. The van der Waals surface area contributed by atoms with E-state index in [1.165, 1.54) is 13.0 Å². The molecule has 80 valence electrons. The van der Waals surface area contributed by atoms with Crippen molar-refractivity contribution >= 4 is 8.07 Å². The molecule has 2 heteroatoms. The third-order valence-corrected chi connectivity index (χ3v) is 6.41. The molecule has 0 aliphatic rings. The van der Waals surface area contributed by atoms with Gasteiger partial charge in [-0.05, 0) is 32.4 Å². The summed E-state index contributed by atoms with van der Waals surface area (Å²) in [6.45, 7) is 17.7. The molecule has 1 nitrogen and oxygen atoms in total. The highest BCUT2D eigenvalue weighted by atomic mass is 28.3. The molecule has 0 spiro atoms. The zero-order valence-electron chi connectivity index (χ0n) is 10.5. The minimum atomic E-state index is -0.936. The first kappa shape index (κ1) is 13.2. The number of hydrogen-bond donors (Lipinski definition) is 1. The maximum absolute atomic E-state index is 3.65. The number of rotatable bonds is 5. The van der Waals surface area contributed by atoms with E-state index in [-0.39, 0.29) is 0 Å². The first-order chi connectivity index (χ1) is 5.69. The van der Waals surface area contributed by atoms with Gasteiger partial charge in [0.1, 0.15) is 0 Å². The molecule has 0 aliphatic heterocycles. The van der Waals surface area contributed by atoms with Crippen molar-refractivity contribution in [3.63, 3.8) is 0 Å². The van der Waals surface area contributed by atoms with Crippen LogP contribution in [0.3, 0.4) is 0 Å². The molecule has 0 heterocycles. The van der Waals surface area contributed by atoms with Gasteiger partial charge in [0.05, 0.1) is 0 Å².